The van der Waals surface area contributed by atoms with Crippen LogP contribution >= 0.6 is 0 Å². The molecule has 0 bridgehead atoms. The van der Waals surface area contributed by atoms with E-state index in [1.54, 1.807) is 4.68 Å². The van der Waals surface area contributed by atoms with E-state index in [0.717, 1.165) is 16.8 Å². The molecular formula is C25H21N3O3S. The van der Waals surface area contributed by atoms with Gasteiger partial charge < -0.3 is 5.32 Å². The molecule has 32 heavy (non-hydrogen) atoms. The van der Waals surface area contributed by atoms with Crippen molar-refractivity contribution in [3.8, 4) is 5.69 Å². The van der Waals surface area contributed by atoms with Crippen molar-refractivity contribution in [3.05, 3.63) is 113 Å². The largest absolute Gasteiger partial charge is 0.309 e. The van der Waals surface area contributed by atoms with Crippen molar-refractivity contribution in [3.63, 3.8) is 0 Å². The summed E-state index contributed by atoms with van der Waals surface area (Å²) >= 11 is 0. The van der Waals surface area contributed by atoms with Gasteiger partial charge in [-0.3, -0.25) is 4.79 Å². The fourth-order valence-corrected chi connectivity index (χ4v) is 5.60. The van der Waals surface area contributed by atoms with Gasteiger partial charge in [0.05, 0.1) is 28.8 Å². The number of sulfone groups is 1. The Morgan fingerprint density at radius 1 is 0.812 bits per heavy atom. The molecule has 0 saturated heterocycles. The molecule has 7 heteroatoms. The standard InChI is InChI=1S/C25H21N3O3S/c29-25(23(18-10-4-1-5-11-18)19-12-6-2-7-13-19)26-24-21-16-32(30,31)17-22(21)27-28(24)20-14-8-3-9-15-20/h1-15,23H,16-17H2,(H,26,29). The molecule has 0 saturated carbocycles. The van der Waals surface area contributed by atoms with Crippen molar-refractivity contribution >= 4 is 21.6 Å². The minimum absolute atomic E-state index is 0.119. The summed E-state index contributed by atoms with van der Waals surface area (Å²) in [6.07, 6.45) is 0. The molecule has 3 aromatic carbocycles. The summed E-state index contributed by atoms with van der Waals surface area (Å²) in [5, 5.41) is 7.56. The lowest BCUT2D eigenvalue weighted by atomic mass is 9.90. The molecule has 2 heterocycles. The molecule has 0 spiro atoms. The molecule has 1 aliphatic heterocycles. The van der Waals surface area contributed by atoms with Crippen LogP contribution in [0.2, 0.25) is 0 Å². The first-order valence-corrected chi connectivity index (χ1v) is 12.1. The number of benzene rings is 3. The number of amides is 1. The van der Waals surface area contributed by atoms with Crippen molar-refractivity contribution in [2.45, 2.75) is 17.4 Å². The average Bonchev–Trinajstić information content (AvgIpc) is 3.28. The molecule has 0 fully saturated rings. The van der Waals surface area contributed by atoms with Gasteiger partial charge in [0.25, 0.3) is 0 Å². The Balaban J connectivity index is 1.59. The Kier molecular flexibility index (Phi) is 5.11. The topological polar surface area (TPSA) is 81.1 Å². The molecule has 0 unspecified atom stereocenters. The van der Waals surface area contributed by atoms with E-state index in [0.29, 0.717) is 17.1 Å². The number of carbonyl (C=O) groups excluding carboxylic acids is 1. The van der Waals surface area contributed by atoms with E-state index in [-0.39, 0.29) is 17.4 Å². The number of hydrogen-bond donors (Lipinski definition) is 1. The zero-order valence-electron chi connectivity index (χ0n) is 17.2. The lowest BCUT2D eigenvalue weighted by molar-refractivity contribution is -0.116. The highest BCUT2D eigenvalue weighted by molar-refractivity contribution is 7.90. The van der Waals surface area contributed by atoms with Crippen LogP contribution in [0.5, 0.6) is 0 Å². The van der Waals surface area contributed by atoms with Gasteiger partial charge in [0.15, 0.2) is 9.84 Å². The highest BCUT2D eigenvalue weighted by Crippen LogP contribution is 2.34. The molecule has 1 aromatic heterocycles. The molecule has 1 aliphatic rings. The monoisotopic (exact) mass is 443 g/mol. The summed E-state index contributed by atoms with van der Waals surface area (Å²) in [5.41, 5.74) is 3.50. The van der Waals surface area contributed by atoms with Gasteiger partial charge in [-0.1, -0.05) is 78.9 Å². The summed E-state index contributed by atoms with van der Waals surface area (Å²) in [6.45, 7) is 0. The van der Waals surface area contributed by atoms with E-state index in [1.165, 1.54) is 0 Å². The average molecular weight is 444 g/mol. The third-order valence-electron chi connectivity index (χ3n) is 5.56. The molecule has 1 amide bonds. The van der Waals surface area contributed by atoms with E-state index >= 15 is 0 Å². The minimum Gasteiger partial charge on any atom is -0.309 e. The van der Waals surface area contributed by atoms with E-state index in [4.69, 9.17) is 0 Å². The van der Waals surface area contributed by atoms with Gasteiger partial charge in [-0.15, -0.1) is 0 Å². The Labute approximate surface area is 186 Å². The molecule has 0 radical (unpaired) electrons. The van der Waals surface area contributed by atoms with Crippen LogP contribution in [0.1, 0.15) is 28.3 Å². The van der Waals surface area contributed by atoms with Crippen LogP contribution in [0.4, 0.5) is 5.82 Å². The van der Waals surface area contributed by atoms with Crippen molar-refractivity contribution < 1.29 is 13.2 Å². The maximum atomic E-state index is 13.7. The van der Waals surface area contributed by atoms with Crippen molar-refractivity contribution in [1.29, 1.82) is 0 Å². The number of rotatable bonds is 5. The smallest absolute Gasteiger partial charge is 0.237 e. The minimum atomic E-state index is -3.27. The number of hydrogen-bond acceptors (Lipinski definition) is 4. The van der Waals surface area contributed by atoms with Crippen LogP contribution in [-0.2, 0) is 26.1 Å². The van der Waals surface area contributed by atoms with Gasteiger partial charge in [0, 0.05) is 5.56 Å². The van der Waals surface area contributed by atoms with Crippen LogP contribution in [0.3, 0.4) is 0 Å². The second-order valence-electron chi connectivity index (χ2n) is 7.80. The summed E-state index contributed by atoms with van der Waals surface area (Å²) in [6, 6.07) is 28.5. The van der Waals surface area contributed by atoms with Gasteiger partial charge in [0.2, 0.25) is 5.91 Å². The van der Waals surface area contributed by atoms with Crippen LogP contribution in [0.15, 0.2) is 91.0 Å². The summed E-state index contributed by atoms with van der Waals surface area (Å²) in [7, 11) is -3.27. The van der Waals surface area contributed by atoms with Crippen molar-refractivity contribution in [1.82, 2.24) is 9.78 Å². The van der Waals surface area contributed by atoms with E-state index in [1.807, 2.05) is 91.0 Å². The highest BCUT2D eigenvalue weighted by Gasteiger charge is 2.34. The lowest BCUT2D eigenvalue weighted by Crippen LogP contribution is -2.24. The maximum Gasteiger partial charge on any atom is 0.237 e. The second kappa shape index (κ2) is 8.09. The second-order valence-corrected chi connectivity index (χ2v) is 9.86. The molecule has 5 rings (SSSR count). The normalized spacial score (nSPS) is 14.3. The lowest BCUT2D eigenvalue weighted by Gasteiger charge is -2.19. The Morgan fingerprint density at radius 3 is 1.91 bits per heavy atom. The predicted octanol–water partition coefficient (Wildman–Crippen LogP) is 4.07. The van der Waals surface area contributed by atoms with Crippen LogP contribution < -0.4 is 5.32 Å². The van der Waals surface area contributed by atoms with Crippen LogP contribution in [-0.4, -0.2) is 24.1 Å². The molecule has 4 aromatic rings. The number of nitrogens with one attached hydrogen (secondary N) is 1. The molecule has 6 nitrogen and oxygen atoms in total. The molecule has 1 N–H and O–H groups in total. The Morgan fingerprint density at radius 2 is 1.34 bits per heavy atom. The van der Waals surface area contributed by atoms with Crippen molar-refractivity contribution in [2.24, 2.45) is 0 Å². The fraction of sp³-hybridized carbons (Fsp3) is 0.120. The zero-order valence-corrected chi connectivity index (χ0v) is 18.0. The SMILES string of the molecule is O=C(Nc1c2c(nn1-c1ccccc1)CS(=O)(=O)C2)C(c1ccccc1)c1ccccc1. The van der Waals surface area contributed by atoms with Gasteiger partial charge in [0.1, 0.15) is 5.82 Å². The number of carbonyl (C=O) groups is 1. The summed E-state index contributed by atoms with van der Waals surface area (Å²) in [5.74, 6) is -0.635. The highest BCUT2D eigenvalue weighted by atomic mass is 32.2. The number of fused-ring (bicyclic) bond motifs is 1. The maximum absolute atomic E-state index is 13.7. The van der Waals surface area contributed by atoms with Gasteiger partial charge in [-0.2, -0.15) is 5.10 Å². The first-order chi connectivity index (χ1) is 15.5. The summed E-state index contributed by atoms with van der Waals surface area (Å²) in [4.78, 5) is 13.7. The van der Waals surface area contributed by atoms with Crippen LogP contribution in [0, 0.1) is 0 Å². The third-order valence-corrected chi connectivity index (χ3v) is 7.00. The van der Waals surface area contributed by atoms with Crippen LogP contribution in [0.25, 0.3) is 5.69 Å². The van der Waals surface area contributed by atoms with E-state index in [9.17, 15) is 13.2 Å². The number of nitrogens with zero attached hydrogens (tertiary/aromatic N) is 2. The van der Waals surface area contributed by atoms with Crippen molar-refractivity contribution in [2.75, 3.05) is 5.32 Å². The Bertz CT molecular complexity index is 1330. The number of aromatic nitrogens is 2. The number of para-hydroxylation sites is 1. The van der Waals surface area contributed by atoms with E-state index in [2.05, 4.69) is 10.4 Å². The molecule has 160 valence electrons. The van der Waals surface area contributed by atoms with E-state index < -0.39 is 15.8 Å². The molecule has 0 atom stereocenters. The van der Waals surface area contributed by atoms with Gasteiger partial charge in [-0.25, -0.2) is 13.1 Å². The number of anilines is 1. The summed E-state index contributed by atoms with van der Waals surface area (Å²) < 4.78 is 26.1. The van der Waals surface area contributed by atoms with Gasteiger partial charge in [-0.05, 0) is 23.3 Å². The Hall–Kier alpha value is -3.71. The first kappa shape index (κ1) is 20.2. The molecular weight excluding hydrogens is 422 g/mol. The zero-order chi connectivity index (χ0) is 22.1. The predicted molar refractivity (Wildman–Crippen MR) is 123 cm³/mol. The first-order valence-electron chi connectivity index (χ1n) is 10.3. The van der Waals surface area contributed by atoms with Gasteiger partial charge >= 0.3 is 0 Å². The quantitative estimate of drug-likeness (QED) is 0.504. The third kappa shape index (κ3) is 3.83. The fourth-order valence-electron chi connectivity index (χ4n) is 4.10. The molecule has 0 aliphatic carbocycles.